The van der Waals surface area contributed by atoms with Gasteiger partial charge in [0, 0.05) is 6.61 Å². The first kappa shape index (κ1) is 15.3. The Kier molecular flexibility index (Phi) is 4.67. The van der Waals surface area contributed by atoms with Crippen molar-refractivity contribution in [2.75, 3.05) is 12.4 Å². The maximum Gasteiger partial charge on any atom is 0.337 e. The number of halogens is 1. The van der Waals surface area contributed by atoms with Crippen molar-refractivity contribution in [3.05, 3.63) is 28.8 Å². The minimum atomic E-state index is -3.53. The molecule has 1 heterocycles. The van der Waals surface area contributed by atoms with Crippen LogP contribution in [0.1, 0.15) is 29.6 Å². The third-order valence-electron chi connectivity index (χ3n) is 3.21. The number of ether oxygens (including phenoxy) is 1. The van der Waals surface area contributed by atoms with Gasteiger partial charge in [0.05, 0.1) is 27.3 Å². The summed E-state index contributed by atoms with van der Waals surface area (Å²) in [6.45, 7) is 0.582. The lowest BCUT2D eigenvalue weighted by Gasteiger charge is -2.22. The number of carboxylic acid groups (broad SMARTS) is 1. The molecule has 1 aliphatic heterocycles. The van der Waals surface area contributed by atoms with Crippen LogP contribution < -0.4 is 0 Å². The summed E-state index contributed by atoms with van der Waals surface area (Å²) < 4.78 is 29.9. The minimum absolute atomic E-state index is 0.0293. The lowest BCUT2D eigenvalue weighted by Crippen LogP contribution is -2.27. The zero-order chi connectivity index (χ0) is 14.8. The molecule has 0 aromatic heterocycles. The summed E-state index contributed by atoms with van der Waals surface area (Å²) in [4.78, 5) is 10.9. The van der Waals surface area contributed by atoms with Crippen molar-refractivity contribution < 1.29 is 23.1 Å². The molecule has 1 aromatic rings. The lowest BCUT2D eigenvalue weighted by atomic mass is 10.1. The van der Waals surface area contributed by atoms with E-state index in [4.69, 9.17) is 21.4 Å². The van der Waals surface area contributed by atoms with Gasteiger partial charge in [-0.05, 0) is 37.5 Å². The summed E-state index contributed by atoms with van der Waals surface area (Å²) in [5.74, 6) is -1.29. The molecule has 5 nitrogen and oxygen atoms in total. The monoisotopic (exact) mass is 318 g/mol. The van der Waals surface area contributed by atoms with E-state index < -0.39 is 15.8 Å². The quantitative estimate of drug-likeness (QED) is 0.921. The van der Waals surface area contributed by atoms with E-state index >= 15 is 0 Å². The van der Waals surface area contributed by atoms with Crippen molar-refractivity contribution >= 4 is 27.4 Å². The second-order valence-corrected chi connectivity index (χ2v) is 7.16. The third kappa shape index (κ3) is 3.50. The van der Waals surface area contributed by atoms with Gasteiger partial charge < -0.3 is 9.84 Å². The summed E-state index contributed by atoms with van der Waals surface area (Å²) in [5, 5.41) is 8.79. The zero-order valence-electron chi connectivity index (χ0n) is 10.7. The Labute approximate surface area is 122 Å². The van der Waals surface area contributed by atoms with E-state index in [0.717, 1.165) is 19.3 Å². The van der Waals surface area contributed by atoms with Gasteiger partial charge in [-0.25, -0.2) is 13.2 Å². The van der Waals surface area contributed by atoms with Crippen molar-refractivity contribution in [1.29, 1.82) is 0 Å². The Balaban J connectivity index is 2.20. The molecule has 1 unspecified atom stereocenters. The van der Waals surface area contributed by atoms with E-state index in [1.54, 1.807) is 0 Å². The molecule has 2 rings (SSSR count). The number of carbonyl (C=O) groups is 1. The van der Waals surface area contributed by atoms with Crippen LogP contribution in [0.2, 0.25) is 5.02 Å². The summed E-state index contributed by atoms with van der Waals surface area (Å²) >= 11 is 5.80. The average molecular weight is 319 g/mol. The number of benzene rings is 1. The smallest absolute Gasteiger partial charge is 0.337 e. The number of sulfone groups is 1. The highest BCUT2D eigenvalue weighted by atomic mass is 35.5. The predicted molar refractivity (Wildman–Crippen MR) is 74.1 cm³/mol. The van der Waals surface area contributed by atoms with Gasteiger partial charge in [-0.3, -0.25) is 0 Å². The van der Waals surface area contributed by atoms with E-state index in [2.05, 4.69) is 0 Å². The fourth-order valence-electron chi connectivity index (χ4n) is 2.14. The van der Waals surface area contributed by atoms with Gasteiger partial charge in [0.1, 0.15) is 0 Å². The number of aromatic carboxylic acids is 1. The molecule has 1 aromatic carbocycles. The van der Waals surface area contributed by atoms with Crippen molar-refractivity contribution in [2.24, 2.45) is 0 Å². The topological polar surface area (TPSA) is 80.7 Å². The Morgan fingerprint density at radius 2 is 2.15 bits per heavy atom. The van der Waals surface area contributed by atoms with Gasteiger partial charge in [-0.2, -0.15) is 0 Å². The molecular weight excluding hydrogens is 304 g/mol. The summed E-state index contributed by atoms with van der Waals surface area (Å²) in [6, 6.07) is 3.66. The van der Waals surface area contributed by atoms with Crippen LogP contribution in [-0.2, 0) is 14.6 Å². The van der Waals surface area contributed by atoms with Crippen LogP contribution in [0, 0.1) is 0 Å². The molecule has 1 aliphatic rings. The molecule has 1 N–H and O–H groups in total. The van der Waals surface area contributed by atoms with Crippen LogP contribution in [0.25, 0.3) is 0 Å². The number of rotatable bonds is 4. The van der Waals surface area contributed by atoms with Crippen LogP contribution in [0.4, 0.5) is 0 Å². The predicted octanol–water partition coefficient (Wildman–Crippen LogP) is 2.38. The van der Waals surface area contributed by atoms with Crippen LogP contribution >= 0.6 is 11.6 Å². The molecule has 0 bridgehead atoms. The zero-order valence-corrected chi connectivity index (χ0v) is 12.3. The molecule has 7 heteroatoms. The largest absolute Gasteiger partial charge is 0.478 e. The Hall–Kier alpha value is -1.11. The van der Waals surface area contributed by atoms with Crippen molar-refractivity contribution in [3.63, 3.8) is 0 Å². The van der Waals surface area contributed by atoms with Crippen molar-refractivity contribution in [1.82, 2.24) is 0 Å². The van der Waals surface area contributed by atoms with Gasteiger partial charge in [-0.15, -0.1) is 0 Å². The van der Waals surface area contributed by atoms with E-state index in [1.165, 1.54) is 18.2 Å². The standard InChI is InChI=1S/C13H15ClO5S/c14-12-7-10(4-5-11(12)13(15)16)20(17,18)8-9-3-1-2-6-19-9/h4-5,7,9H,1-3,6,8H2,(H,15,16). The lowest BCUT2D eigenvalue weighted by molar-refractivity contribution is 0.0305. The SMILES string of the molecule is O=C(O)c1ccc(S(=O)(=O)CC2CCCCO2)cc1Cl. The fourth-order valence-corrected chi connectivity index (χ4v) is 3.99. The Morgan fingerprint density at radius 3 is 2.70 bits per heavy atom. The Bertz CT molecular complexity index is 605. The van der Waals surface area contributed by atoms with Gasteiger partial charge in [0.25, 0.3) is 0 Å². The molecule has 0 amide bonds. The number of carboxylic acids is 1. The van der Waals surface area contributed by atoms with E-state index in [9.17, 15) is 13.2 Å². The maximum atomic E-state index is 12.2. The number of hydrogen-bond acceptors (Lipinski definition) is 4. The summed E-state index contributed by atoms with van der Waals surface area (Å²) in [7, 11) is -3.53. The van der Waals surface area contributed by atoms with E-state index in [-0.39, 0.29) is 27.3 Å². The minimum Gasteiger partial charge on any atom is -0.478 e. The van der Waals surface area contributed by atoms with Gasteiger partial charge in [-0.1, -0.05) is 11.6 Å². The fraction of sp³-hybridized carbons (Fsp3) is 0.462. The highest BCUT2D eigenvalue weighted by Gasteiger charge is 2.24. The molecule has 0 aliphatic carbocycles. The first-order chi connectivity index (χ1) is 9.40. The molecule has 0 radical (unpaired) electrons. The highest BCUT2D eigenvalue weighted by Crippen LogP contribution is 2.24. The van der Waals surface area contributed by atoms with Crippen molar-refractivity contribution in [3.8, 4) is 0 Å². The molecule has 0 spiro atoms. The highest BCUT2D eigenvalue weighted by molar-refractivity contribution is 7.91. The summed E-state index contributed by atoms with van der Waals surface area (Å²) in [6.07, 6.45) is 2.33. The molecule has 1 atom stereocenters. The molecule has 0 saturated carbocycles. The second kappa shape index (κ2) is 6.11. The average Bonchev–Trinajstić information content (AvgIpc) is 2.38. The molecule has 20 heavy (non-hydrogen) atoms. The van der Waals surface area contributed by atoms with Gasteiger partial charge in [0.15, 0.2) is 9.84 Å². The van der Waals surface area contributed by atoms with Crippen LogP contribution in [0.15, 0.2) is 23.1 Å². The van der Waals surface area contributed by atoms with E-state index in [0.29, 0.717) is 6.61 Å². The second-order valence-electron chi connectivity index (χ2n) is 4.72. The van der Waals surface area contributed by atoms with Crippen LogP contribution in [0.5, 0.6) is 0 Å². The van der Waals surface area contributed by atoms with Crippen LogP contribution in [0.3, 0.4) is 0 Å². The summed E-state index contributed by atoms with van der Waals surface area (Å²) in [5.41, 5.74) is -0.112. The van der Waals surface area contributed by atoms with Crippen LogP contribution in [-0.4, -0.2) is 38.0 Å². The normalized spacial score (nSPS) is 19.8. The van der Waals surface area contributed by atoms with E-state index in [1.807, 2.05) is 0 Å². The molecule has 1 fully saturated rings. The van der Waals surface area contributed by atoms with Crippen molar-refractivity contribution in [2.45, 2.75) is 30.3 Å². The first-order valence-electron chi connectivity index (χ1n) is 6.27. The first-order valence-corrected chi connectivity index (χ1v) is 8.30. The molecular formula is C13H15ClO5S. The maximum absolute atomic E-state index is 12.2. The van der Waals surface area contributed by atoms with Gasteiger partial charge in [0.2, 0.25) is 0 Å². The molecule has 1 saturated heterocycles. The third-order valence-corrected chi connectivity index (χ3v) is 5.30. The number of hydrogen-bond donors (Lipinski definition) is 1. The van der Waals surface area contributed by atoms with Gasteiger partial charge >= 0.3 is 5.97 Å². The molecule has 110 valence electrons. The Morgan fingerprint density at radius 1 is 1.40 bits per heavy atom.